The van der Waals surface area contributed by atoms with Crippen LogP contribution in [0.3, 0.4) is 0 Å². The normalized spacial score (nSPS) is 10.0. The third-order valence-electron chi connectivity index (χ3n) is 1.87. The van der Waals surface area contributed by atoms with Crippen LogP contribution >= 0.6 is 0 Å². The van der Waals surface area contributed by atoms with Crippen LogP contribution in [0.1, 0.15) is 11.3 Å². The summed E-state index contributed by atoms with van der Waals surface area (Å²) in [6.07, 6.45) is 3.55. The lowest BCUT2D eigenvalue weighted by molar-refractivity contribution is 1.09. The molecule has 0 atom stereocenters. The van der Waals surface area contributed by atoms with Gasteiger partial charge in [-0.2, -0.15) is 5.26 Å². The highest BCUT2D eigenvalue weighted by atomic mass is 15.0. The van der Waals surface area contributed by atoms with E-state index in [-0.39, 0.29) is 0 Å². The van der Waals surface area contributed by atoms with Gasteiger partial charge in [-0.15, -0.1) is 0 Å². The van der Waals surface area contributed by atoms with Crippen molar-refractivity contribution in [3.63, 3.8) is 0 Å². The highest BCUT2D eigenvalue weighted by Crippen LogP contribution is 2.09. The zero-order valence-corrected chi connectivity index (χ0v) is 6.65. The van der Waals surface area contributed by atoms with Crippen molar-refractivity contribution in [2.75, 3.05) is 0 Å². The molecule has 0 bridgehead atoms. The monoisotopic (exact) mass is 157 g/mol. The van der Waals surface area contributed by atoms with Crippen LogP contribution in [0.25, 0.3) is 5.65 Å². The van der Waals surface area contributed by atoms with Crippen molar-refractivity contribution < 1.29 is 0 Å². The quantitative estimate of drug-likeness (QED) is 0.581. The van der Waals surface area contributed by atoms with Gasteiger partial charge >= 0.3 is 0 Å². The molecule has 3 nitrogen and oxygen atoms in total. The number of imidazole rings is 1. The molecule has 0 amide bonds. The predicted molar refractivity (Wildman–Crippen MR) is 44.6 cm³/mol. The van der Waals surface area contributed by atoms with E-state index in [0.717, 1.165) is 11.3 Å². The van der Waals surface area contributed by atoms with Crippen LogP contribution in [0.4, 0.5) is 0 Å². The number of hydrogen-bond acceptors (Lipinski definition) is 2. The van der Waals surface area contributed by atoms with Crippen molar-refractivity contribution in [2.45, 2.75) is 6.92 Å². The van der Waals surface area contributed by atoms with Crippen LogP contribution in [-0.2, 0) is 0 Å². The molecule has 2 aromatic rings. The molecule has 0 aliphatic rings. The highest BCUT2D eigenvalue weighted by molar-refractivity contribution is 5.55. The number of aromatic nitrogens is 2. The molecule has 0 unspecified atom stereocenters. The van der Waals surface area contributed by atoms with Gasteiger partial charge in [-0.3, -0.25) is 0 Å². The Bertz CT molecular complexity index is 462. The van der Waals surface area contributed by atoms with E-state index in [9.17, 15) is 0 Å². The van der Waals surface area contributed by atoms with Crippen molar-refractivity contribution in [1.82, 2.24) is 9.38 Å². The minimum atomic E-state index is 0.616. The van der Waals surface area contributed by atoms with Crippen LogP contribution in [0.15, 0.2) is 24.5 Å². The lowest BCUT2D eigenvalue weighted by Gasteiger charge is -1.98. The van der Waals surface area contributed by atoms with Gasteiger partial charge in [0.1, 0.15) is 6.07 Å². The van der Waals surface area contributed by atoms with Crippen molar-refractivity contribution in [3.05, 3.63) is 35.8 Å². The fourth-order valence-corrected chi connectivity index (χ4v) is 1.23. The predicted octanol–water partition coefficient (Wildman–Crippen LogP) is 1.51. The summed E-state index contributed by atoms with van der Waals surface area (Å²) in [7, 11) is 0. The zero-order chi connectivity index (χ0) is 8.55. The summed E-state index contributed by atoms with van der Waals surface area (Å²) in [5.74, 6) is 0. The van der Waals surface area contributed by atoms with Gasteiger partial charge in [0.15, 0.2) is 5.65 Å². The molecule has 58 valence electrons. The standard InChI is InChI=1S/C9H7N3/c1-7-2-3-8(6-10)9-11-4-5-12(7)9/h2-5H,1H3. The van der Waals surface area contributed by atoms with Crippen LogP contribution in [0.5, 0.6) is 0 Å². The van der Waals surface area contributed by atoms with E-state index in [0.29, 0.717) is 5.56 Å². The molecular formula is C9H7N3. The largest absolute Gasteiger partial charge is 0.303 e. The molecule has 0 radical (unpaired) electrons. The number of hydrogen-bond donors (Lipinski definition) is 0. The maximum atomic E-state index is 8.74. The van der Waals surface area contributed by atoms with Crippen molar-refractivity contribution in [1.29, 1.82) is 5.26 Å². The van der Waals surface area contributed by atoms with E-state index in [1.54, 1.807) is 12.3 Å². The van der Waals surface area contributed by atoms with Gasteiger partial charge in [0.05, 0.1) is 5.56 Å². The van der Waals surface area contributed by atoms with Crippen molar-refractivity contribution >= 4 is 5.65 Å². The van der Waals surface area contributed by atoms with E-state index in [1.165, 1.54) is 0 Å². The fraction of sp³-hybridized carbons (Fsp3) is 0.111. The van der Waals surface area contributed by atoms with Gasteiger partial charge in [0, 0.05) is 18.1 Å². The molecule has 0 saturated carbocycles. The Hall–Kier alpha value is -1.82. The van der Waals surface area contributed by atoms with Gasteiger partial charge in [-0.1, -0.05) is 0 Å². The number of nitrogens with zero attached hydrogens (tertiary/aromatic N) is 3. The van der Waals surface area contributed by atoms with E-state index >= 15 is 0 Å². The second kappa shape index (κ2) is 2.35. The average Bonchev–Trinajstić information content (AvgIpc) is 2.54. The van der Waals surface area contributed by atoms with E-state index in [1.807, 2.05) is 23.6 Å². The summed E-state index contributed by atoms with van der Waals surface area (Å²) in [5.41, 5.74) is 2.43. The summed E-state index contributed by atoms with van der Waals surface area (Å²) in [5, 5.41) is 8.74. The minimum absolute atomic E-state index is 0.616. The lowest BCUT2D eigenvalue weighted by atomic mass is 10.2. The Morgan fingerprint density at radius 3 is 3.08 bits per heavy atom. The second-order valence-electron chi connectivity index (χ2n) is 2.62. The number of pyridine rings is 1. The number of nitriles is 1. The third-order valence-corrected chi connectivity index (χ3v) is 1.87. The first-order valence-corrected chi connectivity index (χ1v) is 3.65. The Kier molecular flexibility index (Phi) is 1.34. The summed E-state index contributed by atoms with van der Waals surface area (Å²) in [6, 6.07) is 5.80. The molecule has 2 aromatic heterocycles. The molecular weight excluding hydrogens is 150 g/mol. The van der Waals surface area contributed by atoms with Gasteiger partial charge in [0.2, 0.25) is 0 Å². The molecule has 3 heteroatoms. The van der Waals surface area contributed by atoms with E-state index in [4.69, 9.17) is 5.26 Å². The SMILES string of the molecule is Cc1ccc(C#N)c2nccn12. The van der Waals surface area contributed by atoms with Crippen LogP contribution in [-0.4, -0.2) is 9.38 Å². The third kappa shape index (κ3) is 0.785. The number of rotatable bonds is 0. The molecule has 0 aromatic carbocycles. The van der Waals surface area contributed by atoms with Gasteiger partial charge in [-0.25, -0.2) is 4.98 Å². The molecule has 0 saturated heterocycles. The first-order chi connectivity index (χ1) is 5.83. The Labute approximate surface area is 69.9 Å². The summed E-state index contributed by atoms with van der Waals surface area (Å²) in [4.78, 5) is 4.09. The molecule has 0 aliphatic carbocycles. The lowest BCUT2D eigenvalue weighted by Crippen LogP contribution is -1.91. The fourth-order valence-electron chi connectivity index (χ4n) is 1.23. The van der Waals surface area contributed by atoms with Crippen LogP contribution in [0, 0.1) is 18.3 Å². The first-order valence-electron chi connectivity index (χ1n) is 3.65. The molecule has 12 heavy (non-hydrogen) atoms. The second-order valence-corrected chi connectivity index (χ2v) is 2.62. The van der Waals surface area contributed by atoms with E-state index < -0.39 is 0 Å². The molecule has 2 heterocycles. The maximum Gasteiger partial charge on any atom is 0.154 e. The van der Waals surface area contributed by atoms with Crippen LogP contribution < -0.4 is 0 Å². The molecule has 0 fully saturated rings. The smallest absolute Gasteiger partial charge is 0.154 e. The van der Waals surface area contributed by atoms with Gasteiger partial charge in [-0.05, 0) is 19.1 Å². The summed E-state index contributed by atoms with van der Waals surface area (Å²) < 4.78 is 1.90. The molecule has 0 spiro atoms. The summed E-state index contributed by atoms with van der Waals surface area (Å²) in [6.45, 7) is 1.98. The Balaban J connectivity index is 2.94. The molecule has 2 rings (SSSR count). The molecule has 0 N–H and O–H groups in total. The summed E-state index contributed by atoms with van der Waals surface area (Å²) >= 11 is 0. The van der Waals surface area contributed by atoms with Crippen molar-refractivity contribution in [2.24, 2.45) is 0 Å². The van der Waals surface area contributed by atoms with Gasteiger partial charge < -0.3 is 4.40 Å². The zero-order valence-electron chi connectivity index (χ0n) is 6.65. The Morgan fingerprint density at radius 2 is 2.33 bits per heavy atom. The number of aryl methyl sites for hydroxylation is 1. The first kappa shape index (κ1) is 6.86. The average molecular weight is 157 g/mol. The van der Waals surface area contributed by atoms with Gasteiger partial charge in [0.25, 0.3) is 0 Å². The minimum Gasteiger partial charge on any atom is -0.303 e. The maximum absolute atomic E-state index is 8.74. The Morgan fingerprint density at radius 1 is 1.50 bits per heavy atom. The molecule has 0 aliphatic heterocycles. The van der Waals surface area contributed by atoms with Crippen LogP contribution in [0.2, 0.25) is 0 Å². The van der Waals surface area contributed by atoms with E-state index in [2.05, 4.69) is 11.1 Å². The topological polar surface area (TPSA) is 41.1 Å². The highest BCUT2D eigenvalue weighted by Gasteiger charge is 2.01. The number of fused-ring (bicyclic) bond motifs is 1. The van der Waals surface area contributed by atoms with Crippen molar-refractivity contribution in [3.8, 4) is 6.07 Å².